The van der Waals surface area contributed by atoms with Crippen LogP contribution in [0.15, 0.2) is 84.6 Å². The highest BCUT2D eigenvalue weighted by molar-refractivity contribution is 6.22. The van der Waals surface area contributed by atoms with E-state index in [1.165, 1.54) is 6.92 Å². The first kappa shape index (κ1) is 27.0. The zero-order valence-electron chi connectivity index (χ0n) is 21.5. The van der Waals surface area contributed by atoms with E-state index in [-0.39, 0.29) is 35.8 Å². The lowest BCUT2D eigenvalue weighted by Crippen LogP contribution is -2.47. The predicted molar refractivity (Wildman–Crippen MR) is 144 cm³/mol. The van der Waals surface area contributed by atoms with Crippen LogP contribution in [0.2, 0.25) is 0 Å². The van der Waals surface area contributed by atoms with Crippen LogP contribution in [0.25, 0.3) is 6.08 Å². The number of esters is 1. The minimum atomic E-state index is -1.15. The molecule has 0 saturated heterocycles. The molecule has 39 heavy (non-hydrogen) atoms. The molecule has 9 heteroatoms. The summed E-state index contributed by atoms with van der Waals surface area (Å²) in [4.78, 5) is 64.4. The molecule has 3 aromatic rings. The van der Waals surface area contributed by atoms with Crippen LogP contribution < -0.4 is 10.6 Å². The second-order valence-electron chi connectivity index (χ2n) is 8.80. The first-order chi connectivity index (χ1) is 18.8. The lowest BCUT2D eigenvalue weighted by molar-refractivity contribution is -0.147. The number of hydrogen-bond acceptors (Lipinski definition) is 6. The smallest absolute Gasteiger partial charge is 0.329 e. The first-order valence-electron chi connectivity index (χ1n) is 12.4. The fourth-order valence-corrected chi connectivity index (χ4v) is 4.22. The third-order valence-electron chi connectivity index (χ3n) is 6.00. The summed E-state index contributed by atoms with van der Waals surface area (Å²) < 4.78 is 5.18. The minimum absolute atomic E-state index is 0.0313. The van der Waals surface area contributed by atoms with Crippen LogP contribution in [0, 0.1) is 0 Å². The highest BCUT2D eigenvalue weighted by Gasteiger charge is 2.43. The Morgan fingerprint density at radius 1 is 0.872 bits per heavy atom. The molecule has 0 aromatic heterocycles. The van der Waals surface area contributed by atoms with Crippen LogP contribution in [0.4, 0.5) is 5.69 Å². The molecule has 2 N–H and O–H groups in total. The lowest BCUT2D eigenvalue weighted by Gasteiger charge is -2.24. The Balaban J connectivity index is 1.52. The second-order valence-corrected chi connectivity index (χ2v) is 8.80. The average Bonchev–Trinajstić information content (AvgIpc) is 3.18. The molecule has 1 aliphatic rings. The summed E-state index contributed by atoms with van der Waals surface area (Å²) in [6.45, 7) is 3.06. The van der Waals surface area contributed by atoms with E-state index in [0.29, 0.717) is 11.3 Å². The number of benzene rings is 3. The van der Waals surface area contributed by atoms with E-state index in [9.17, 15) is 24.0 Å². The Morgan fingerprint density at radius 2 is 1.46 bits per heavy atom. The maximum Gasteiger partial charge on any atom is 0.329 e. The molecule has 0 bridgehead atoms. The fourth-order valence-electron chi connectivity index (χ4n) is 4.22. The van der Waals surface area contributed by atoms with Crippen LogP contribution >= 0.6 is 0 Å². The van der Waals surface area contributed by atoms with Gasteiger partial charge in [-0.3, -0.25) is 24.1 Å². The van der Waals surface area contributed by atoms with Crippen molar-refractivity contribution in [2.24, 2.45) is 0 Å². The standard InChI is InChI=1S/C30H27N3O6/c1-3-39-30(38)26(33-28(36)23-11-7-8-12-24(23)29(33)37)18-21-13-15-22(16-14-21)32-27(35)25(31-19(2)34)17-20-9-5-4-6-10-20/h4-17,26H,3,18H2,1-2H3,(H,31,34)(H,32,35)/b25-17+/t26-/m1/s1. The van der Waals surface area contributed by atoms with Gasteiger partial charge in [0.05, 0.1) is 17.7 Å². The Hall–Kier alpha value is -5.05. The predicted octanol–water partition coefficient (Wildman–Crippen LogP) is 3.57. The van der Waals surface area contributed by atoms with Gasteiger partial charge in [-0.2, -0.15) is 0 Å². The number of fused-ring (bicyclic) bond motifs is 1. The molecule has 3 aromatic carbocycles. The van der Waals surface area contributed by atoms with Crippen molar-refractivity contribution in [2.75, 3.05) is 11.9 Å². The number of anilines is 1. The number of nitrogens with one attached hydrogen (secondary N) is 2. The van der Waals surface area contributed by atoms with E-state index in [1.54, 1.807) is 73.7 Å². The molecule has 4 rings (SSSR count). The molecule has 1 aliphatic heterocycles. The molecule has 0 radical (unpaired) electrons. The van der Waals surface area contributed by atoms with Crippen LogP contribution in [-0.2, 0) is 25.5 Å². The zero-order chi connectivity index (χ0) is 27.9. The highest BCUT2D eigenvalue weighted by Crippen LogP contribution is 2.27. The minimum Gasteiger partial charge on any atom is -0.464 e. The van der Waals surface area contributed by atoms with Gasteiger partial charge >= 0.3 is 5.97 Å². The van der Waals surface area contributed by atoms with Crippen molar-refractivity contribution in [2.45, 2.75) is 26.3 Å². The van der Waals surface area contributed by atoms with E-state index in [2.05, 4.69) is 10.6 Å². The average molecular weight is 526 g/mol. The fraction of sp³-hybridized carbons (Fsp3) is 0.167. The van der Waals surface area contributed by atoms with Crippen molar-refractivity contribution < 1.29 is 28.7 Å². The summed E-state index contributed by atoms with van der Waals surface area (Å²) in [5.41, 5.74) is 2.39. The van der Waals surface area contributed by atoms with Gasteiger partial charge in [0.1, 0.15) is 11.7 Å². The summed E-state index contributed by atoms with van der Waals surface area (Å²) in [7, 11) is 0. The number of hydrogen-bond donors (Lipinski definition) is 2. The highest BCUT2D eigenvalue weighted by atomic mass is 16.5. The van der Waals surface area contributed by atoms with Crippen molar-refractivity contribution >= 4 is 41.4 Å². The molecule has 0 spiro atoms. The van der Waals surface area contributed by atoms with E-state index >= 15 is 0 Å². The third-order valence-corrected chi connectivity index (χ3v) is 6.00. The molecule has 0 saturated carbocycles. The lowest BCUT2D eigenvalue weighted by atomic mass is 10.0. The van der Waals surface area contributed by atoms with Crippen molar-refractivity contribution in [3.63, 3.8) is 0 Å². The maximum absolute atomic E-state index is 13.0. The molecule has 1 heterocycles. The van der Waals surface area contributed by atoms with Gasteiger partial charge in [0, 0.05) is 19.0 Å². The number of ether oxygens (including phenoxy) is 1. The molecular weight excluding hydrogens is 498 g/mol. The Labute approximate surface area is 225 Å². The van der Waals surface area contributed by atoms with Crippen molar-refractivity contribution in [3.05, 3.63) is 107 Å². The van der Waals surface area contributed by atoms with Gasteiger partial charge in [0.25, 0.3) is 17.7 Å². The van der Waals surface area contributed by atoms with Gasteiger partial charge in [-0.05, 0) is 48.4 Å². The van der Waals surface area contributed by atoms with Crippen LogP contribution in [0.5, 0.6) is 0 Å². The van der Waals surface area contributed by atoms with Gasteiger partial charge in [0.2, 0.25) is 5.91 Å². The zero-order valence-corrected chi connectivity index (χ0v) is 21.5. The second kappa shape index (κ2) is 12.0. The third kappa shape index (κ3) is 6.27. The quantitative estimate of drug-likeness (QED) is 0.250. The Kier molecular flexibility index (Phi) is 8.30. The summed E-state index contributed by atoms with van der Waals surface area (Å²) in [6, 6.07) is 21.0. The summed E-state index contributed by atoms with van der Waals surface area (Å²) in [5.74, 6) is -2.69. The number of rotatable bonds is 9. The van der Waals surface area contributed by atoms with Crippen molar-refractivity contribution in [1.29, 1.82) is 0 Å². The molecular formula is C30H27N3O6. The van der Waals surface area contributed by atoms with Crippen molar-refractivity contribution in [1.82, 2.24) is 10.2 Å². The van der Waals surface area contributed by atoms with E-state index in [0.717, 1.165) is 10.5 Å². The SMILES string of the molecule is CCOC(=O)[C@@H](Cc1ccc(NC(=O)/C(=C\c2ccccc2)NC(C)=O)cc1)N1C(=O)c2ccccc2C1=O. The van der Waals surface area contributed by atoms with Gasteiger partial charge < -0.3 is 15.4 Å². The number of nitrogens with zero attached hydrogens (tertiary/aromatic N) is 1. The van der Waals surface area contributed by atoms with Crippen LogP contribution in [0.1, 0.15) is 45.7 Å². The first-order valence-corrected chi connectivity index (χ1v) is 12.4. The summed E-state index contributed by atoms with van der Waals surface area (Å²) in [5, 5.41) is 5.29. The maximum atomic E-state index is 13.0. The Bertz CT molecular complexity index is 1410. The molecule has 0 unspecified atom stereocenters. The van der Waals surface area contributed by atoms with Gasteiger partial charge in [0.15, 0.2) is 0 Å². The van der Waals surface area contributed by atoms with Crippen molar-refractivity contribution in [3.8, 4) is 0 Å². The molecule has 4 amide bonds. The number of amides is 4. The molecule has 0 fully saturated rings. The van der Waals surface area contributed by atoms with E-state index in [1.807, 2.05) is 18.2 Å². The molecule has 1 atom stereocenters. The van der Waals surface area contributed by atoms with E-state index < -0.39 is 29.7 Å². The normalized spacial score (nSPS) is 13.5. The molecule has 0 aliphatic carbocycles. The van der Waals surface area contributed by atoms with Gasteiger partial charge in [-0.15, -0.1) is 0 Å². The Morgan fingerprint density at radius 3 is 2.03 bits per heavy atom. The largest absolute Gasteiger partial charge is 0.464 e. The molecule has 9 nitrogen and oxygen atoms in total. The topological polar surface area (TPSA) is 122 Å². The number of imide groups is 1. The summed E-state index contributed by atoms with van der Waals surface area (Å²) >= 11 is 0. The van der Waals surface area contributed by atoms with Gasteiger partial charge in [-0.25, -0.2) is 4.79 Å². The number of carbonyl (C=O) groups excluding carboxylic acids is 5. The number of carbonyl (C=O) groups is 5. The summed E-state index contributed by atoms with van der Waals surface area (Å²) in [6.07, 6.45) is 1.60. The van der Waals surface area contributed by atoms with E-state index in [4.69, 9.17) is 4.74 Å². The van der Waals surface area contributed by atoms with Crippen LogP contribution in [-0.4, -0.2) is 47.1 Å². The molecule has 198 valence electrons. The van der Waals surface area contributed by atoms with Gasteiger partial charge in [-0.1, -0.05) is 54.6 Å². The monoisotopic (exact) mass is 525 g/mol. The van der Waals surface area contributed by atoms with Crippen LogP contribution in [0.3, 0.4) is 0 Å².